The Morgan fingerprint density at radius 2 is 1.69 bits per heavy atom. The summed E-state index contributed by atoms with van der Waals surface area (Å²) in [5, 5.41) is 2.75. The van der Waals surface area contributed by atoms with Crippen LogP contribution in [0.3, 0.4) is 0 Å². The van der Waals surface area contributed by atoms with E-state index >= 15 is 0 Å². The molecule has 0 bridgehead atoms. The third kappa shape index (κ3) is 6.20. The molecule has 0 aromatic heterocycles. The molecule has 0 radical (unpaired) electrons. The average Bonchev–Trinajstić information content (AvgIpc) is 2.70. The zero-order chi connectivity index (χ0) is 21.4. The van der Waals surface area contributed by atoms with E-state index in [4.69, 9.17) is 9.47 Å². The van der Waals surface area contributed by atoms with Gasteiger partial charge in [-0.25, -0.2) is 8.42 Å². The summed E-state index contributed by atoms with van der Waals surface area (Å²) in [6.07, 6.45) is 0.488. The molecular weight excluding hydrogens is 392 g/mol. The molecule has 0 aliphatic carbocycles. The lowest BCUT2D eigenvalue weighted by molar-refractivity contribution is -0.121. The molecule has 0 saturated heterocycles. The highest BCUT2D eigenvalue weighted by Gasteiger charge is 2.27. The molecule has 8 heteroatoms. The van der Waals surface area contributed by atoms with E-state index in [9.17, 15) is 13.2 Å². The third-order valence-corrected chi connectivity index (χ3v) is 6.10. The fourth-order valence-corrected chi connectivity index (χ4v) is 4.25. The van der Waals surface area contributed by atoms with Crippen LogP contribution < -0.4 is 14.8 Å². The summed E-state index contributed by atoms with van der Waals surface area (Å²) in [5.41, 5.74) is 0.990. The summed E-state index contributed by atoms with van der Waals surface area (Å²) in [5.74, 6) is 0.389. The van der Waals surface area contributed by atoms with Crippen LogP contribution in [-0.4, -0.2) is 52.0 Å². The Kier molecular flexibility index (Phi) is 8.04. The molecule has 0 atom stereocenters. The molecular formula is C21H28N2O5S. The number of hydrogen-bond donors (Lipinski definition) is 1. The van der Waals surface area contributed by atoms with Gasteiger partial charge in [0, 0.05) is 18.7 Å². The second-order valence-electron chi connectivity index (χ2n) is 6.81. The molecule has 0 unspecified atom stereocenters. The summed E-state index contributed by atoms with van der Waals surface area (Å²) in [6, 6.07) is 13.9. The first kappa shape index (κ1) is 22.7. The Balaban J connectivity index is 2.32. The molecule has 2 aromatic rings. The van der Waals surface area contributed by atoms with Gasteiger partial charge in [-0.1, -0.05) is 30.3 Å². The first-order valence-electron chi connectivity index (χ1n) is 9.33. The number of nitrogens with zero attached hydrogens (tertiary/aromatic N) is 1. The smallest absolute Gasteiger partial charge is 0.243 e. The van der Waals surface area contributed by atoms with Gasteiger partial charge in [-0.3, -0.25) is 4.79 Å². The van der Waals surface area contributed by atoms with Crippen molar-refractivity contribution in [3.05, 3.63) is 54.1 Å². The van der Waals surface area contributed by atoms with E-state index in [2.05, 4.69) is 5.32 Å². The molecule has 29 heavy (non-hydrogen) atoms. The van der Waals surface area contributed by atoms with Crippen LogP contribution >= 0.6 is 0 Å². The van der Waals surface area contributed by atoms with E-state index in [1.165, 1.54) is 36.7 Å². The van der Waals surface area contributed by atoms with Crippen molar-refractivity contribution in [2.45, 2.75) is 31.2 Å². The monoisotopic (exact) mass is 420 g/mol. The van der Waals surface area contributed by atoms with E-state index in [0.717, 1.165) is 5.56 Å². The van der Waals surface area contributed by atoms with Gasteiger partial charge in [-0.15, -0.1) is 0 Å². The zero-order valence-corrected chi connectivity index (χ0v) is 18.0. The van der Waals surface area contributed by atoms with Gasteiger partial charge in [0.2, 0.25) is 15.9 Å². The molecule has 0 aliphatic heterocycles. The summed E-state index contributed by atoms with van der Waals surface area (Å²) < 4.78 is 38.2. The van der Waals surface area contributed by atoms with Gasteiger partial charge in [-0.2, -0.15) is 4.31 Å². The fraction of sp³-hybridized carbons (Fsp3) is 0.381. The molecule has 0 heterocycles. The summed E-state index contributed by atoms with van der Waals surface area (Å²) in [4.78, 5) is 12.4. The van der Waals surface area contributed by atoms with Gasteiger partial charge in [-0.05, 0) is 38.0 Å². The molecule has 1 N–H and O–H groups in total. The van der Waals surface area contributed by atoms with Crippen LogP contribution in [0, 0.1) is 0 Å². The second kappa shape index (κ2) is 10.3. The van der Waals surface area contributed by atoms with Crippen LogP contribution in [-0.2, 0) is 21.2 Å². The van der Waals surface area contributed by atoms with E-state index in [0.29, 0.717) is 17.9 Å². The number of ether oxygens (including phenoxy) is 2. The first-order chi connectivity index (χ1) is 13.8. The van der Waals surface area contributed by atoms with Crippen LogP contribution in [0.2, 0.25) is 0 Å². The Bertz CT molecular complexity index is 914. The number of rotatable bonds is 10. The molecule has 1 amide bonds. The van der Waals surface area contributed by atoms with Gasteiger partial charge in [0.1, 0.15) is 0 Å². The lowest BCUT2D eigenvalue weighted by atomic mass is 10.1. The summed E-state index contributed by atoms with van der Waals surface area (Å²) >= 11 is 0. The number of benzene rings is 2. The quantitative estimate of drug-likeness (QED) is 0.638. The normalized spacial score (nSPS) is 11.5. The molecule has 0 spiro atoms. The fourth-order valence-electron chi connectivity index (χ4n) is 2.84. The molecule has 2 aromatic carbocycles. The van der Waals surface area contributed by atoms with E-state index < -0.39 is 10.0 Å². The maximum absolute atomic E-state index is 13.3. The maximum Gasteiger partial charge on any atom is 0.243 e. The SMILES string of the molecule is COc1ccc(S(=O)(=O)N(CCc2ccccc2)CC(=O)NC(C)C)cc1OC. The Morgan fingerprint density at radius 3 is 2.28 bits per heavy atom. The molecule has 2 rings (SSSR count). The van der Waals surface area contributed by atoms with Crippen LogP contribution in [0.15, 0.2) is 53.4 Å². The van der Waals surface area contributed by atoms with Crippen molar-refractivity contribution in [2.75, 3.05) is 27.3 Å². The minimum atomic E-state index is -3.92. The van der Waals surface area contributed by atoms with Crippen molar-refractivity contribution in [1.82, 2.24) is 9.62 Å². The largest absolute Gasteiger partial charge is 0.493 e. The molecule has 0 aliphatic rings. The number of carbonyl (C=O) groups excluding carboxylic acids is 1. The van der Waals surface area contributed by atoms with Crippen LogP contribution in [0.5, 0.6) is 11.5 Å². The van der Waals surface area contributed by atoms with Gasteiger partial charge < -0.3 is 14.8 Å². The summed E-state index contributed by atoms with van der Waals surface area (Å²) in [6.45, 7) is 3.57. The molecule has 7 nitrogen and oxygen atoms in total. The molecule has 0 saturated carbocycles. The number of methoxy groups -OCH3 is 2. The Morgan fingerprint density at radius 1 is 1.03 bits per heavy atom. The van der Waals surface area contributed by atoms with E-state index in [1.54, 1.807) is 0 Å². The molecule has 0 fully saturated rings. The standard InChI is InChI=1S/C21H28N2O5S/c1-16(2)22-21(24)15-23(13-12-17-8-6-5-7-9-17)29(25,26)18-10-11-19(27-3)20(14-18)28-4/h5-11,14,16H,12-13,15H2,1-4H3,(H,22,24). The highest BCUT2D eigenvalue weighted by molar-refractivity contribution is 7.89. The minimum absolute atomic E-state index is 0.0422. The van der Waals surface area contributed by atoms with Crippen LogP contribution in [0.4, 0.5) is 0 Å². The number of hydrogen-bond acceptors (Lipinski definition) is 5. The van der Waals surface area contributed by atoms with Gasteiger partial charge in [0.05, 0.1) is 25.7 Å². The minimum Gasteiger partial charge on any atom is -0.493 e. The Hall–Kier alpha value is -2.58. The topological polar surface area (TPSA) is 84.9 Å². The highest BCUT2D eigenvalue weighted by atomic mass is 32.2. The van der Waals surface area contributed by atoms with Crippen molar-refractivity contribution in [2.24, 2.45) is 0 Å². The second-order valence-corrected chi connectivity index (χ2v) is 8.75. The van der Waals surface area contributed by atoms with Crippen molar-refractivity contribution < 1.29 is 22.7 Å². The van der Waals surface area contributed by atoms with Gasteiger partial charge >= 0.3 is 0 Å². The highest BCUT2D eigenvalue weighted by Crippen LogP contribution is 2.30. The molecule has 158 valence electrons. The predicted molar refractivity (Wildman–Crippen MR) is 112 cm³/mol. The van der Waals surface area contributed by atoms with Gasteiger partial charge in [0.25, 0.3) is 0 Å². The Labute approximate surface area is 172 Å². The maximum atomic E-state index is 13.3. The van der Waals surface area contributed by atoms with Gasteiger partial charge in [0.15, 0.2) is 11.5 Å². The first-order valence-corrected chi connectivity index (χ1v) is 10.8. The number of carbonyl (C=O) groups is 1. The van der Waals surface area contributed by atoms with E-state index in [-0.39, 0.29) is 29.9 Å². The number of nitrogens with one attached hydrogen (secondary N) is 1. The van der Waals surface area contributed by atoms with E-state index in [1.807, 2.05) is 44.2 Å². The number of amides is 1. The van der Waals surface area contributed by atoms with Crippen molar-refractivity contribution in [3.8, 4) is 11.5 Å². The van der Waals surface area contributed by atoms with Crippen molar-refractivity contribution >= 4 is 15.9 Å². The predicted octanol–water partition coefficient (Wildman–Crippen LogP) is 2.46. The van der Waals surface area contributed by atoms with Crippen molar-refractivity contribution in [3.63, 3.8) is 0 Å². The van der Waals surface area contributed by atoms with Crippen LogP contribution in [0.25, 0.3) is 0 Å². The lowest BCUT2D eigenvalue weighted by Gasteiger charge is -2.23. The number of sulfonamides is 1. The zero-order valence-electron chi connectivity index (χ0n) is 17.2. The van der Waals surface area contributed by atoms with Crippen LogP contribution in [0.1, 0.15) is 19.4 Å². The summed E-state index contributed by atoms with van der Waals surface area (Å²) in [7, 11) is -1.00. The third-order valence-electron chi connectivity index (χ3n) is 4.26. The van der Waals surface area contributed by atoms with Crippen molar-refractivity contribution in [1.29, 1.82) is 0 Å². The average molecular weight is 421 g/mol. The lowest BCUT2D eigenvalue weighted by Crippen LogP contribution is -2.43.